The fourth-order valence-electron chi connectivity index (χ4n) is 3.34. The van der Waals surface area contributed by atoms with Crippen molar-refractivity contribution in [2.45, 2.75) is 58.4 Å². The van der Waals surface area contributed by atoms with Gasteiger partial charge in [-0.15, -0.1) is 0 Å². The Morgan fingerprint density at radius 3 is 2.23 bits per heavy atom. The van der Waals surface area contributed by atoms with Crippen LogP contribution in [0.1, 0.15) is 64.2 Å². The molecule has 1 rings (SSSR count). The normalized spacial score (nSPS) is 12.5. The second-order valence-electron chi connectivity index (χ2n) is 7.50. The van der Waals surface area contributed by atoms with Crippen LogP contribution in [0.3, 0.4) is 0 Å². The van der Waals surface area contributed by atoms with Gasteiger partial charge in [0.2, 0.25) is 5.95 Å². The molecule has 1 aromatic rings. The Bertz CT molecular complexity index is 537. The van der Waals surface area contributed by atoms with Crippen LogP contribution in [-0.4, -0.2) is 94.3 Å². The zero-order valence-electron chi connectivity index (χ0n) is 18.8. The van der Waals surface area contributed by atoms with Gasteiger partial charge in [0.25, 0.3) is 0 Å². The van der Waals surface area contributed by atoms with Gasteiger partial charge < -0.3 is 30.4 Å². The predicted molar refractivity (Wildman–Crippen MR) is 120 cm³/mol. The van der Waals surface area contributed by atoms with E-state index in [2.05, 4.69) is 39.0 Å². The maximum Gasteiger partial charge on any atom is 0.228 e. The molecule has 1 unspecified atom stereocenters. The van der Waals surface area contributed by atoms with Gasteiger partial charge in [-0.3, -0.25) is 0 Å². The van der Waals surface area contributed by atoms with Crippen LogP contribution < -0.4 is 10.2 Å². The fourth-order valence-corrected chi connectivity index (χ4v) is 3.34. The Kier molecular flexibility index (Phi) is 15.4. The third-order valence-electron chi connectivity index (χ3n) is 5.04. The molecule has 0 saturated heterocycles. The molecule has 1 atom stereocenters. The molecular formula is C21H42N6O3. The van der Waals surface area contributed by atoms with Crippen molar-refractivity contribution in [2.75, 3.05) is 64.0 Å². The summed E-state index contributed by atoms with van der Waals surface area (Å²) in [4.78, 5) is 17.7. The van der Waals surface area contributed by atoms with Crippen molar-refractivity contribution in [1.82, 2.24) is 25.2 Å². The van der Waals surface area contributed by atoms with E-state index in [9.17, 15) is 15.3 Å². The largest absolute Gasteiger partial charge is 0.395 e. The first kappa shape index (κ1) is 26.6. The highest BCUT2D eigenvalue weighted by molar-refractivity contribution is 5.28. The topological polar surface area (TPSA) is 118 Å². The van der Waals surface area contributed by atoms with Crippen LogP contribution in [0, 0.1) is 0 Å². The zero-order valence-corrected chi connectivity index (χ0v) is 18.8. The molecule has 0 spiro atoms. The number of aromatic nitrogens is 3. The van der Waals surface area contributed by atoms with Gasteiger partial charge in [-0.25, -0.2) is 9.97 Å². The van der Waals surface area contributed by atoms with Crippen molar-refractivity contribution in [2.24, 2.45) is 0 Å². The van der Waals surface area contributed by atoms with Gasteiger partial charge in [-0.1, -0.05) is 26.7 Å². The second kappa shape index (κ2) is 17.3. The Hall–Kier alpha value is -1.39. The maximum atomic E-state index is 9.39. The summed E-state index contributed by atoms with van der Waals surface area (Å²) in [5.74, 6) is 1.25. The molecule has 0 aliphatic rings. The molecule has 0 amide bonds. The van der Waals surface area contributed by atoms with Crippen LogP contribution in [0.25, 0.3) is 0 Å². The number of unbranched alkanes of at least 4 members (excludes halogenated alkanes) is 2. The molecule has 1 heterocycles. The summed E-state index contributed by atoms with van der Waals surface area (Å²) in [6.45, 7) is 8.93. The first-order chi connectivity index (χ1) is 14.7. The van der Waals surface area contributed by atoms with Crippen molar-refractivity contribution in [3.8, 4) is 0 Å². The van der Waals surface area contributed by atoms with Crippen LogP contribution in [0.2, 0.25) is 0 Å². The molecule has 0 aliphatic carbocycles. The van der Waals surface area contributed by atoms with E-state index in [-0.39, 0.29) is 25.9 Å². The number of aliphatic hydroxyl groups is 3. The van der Waals surface area contributed by atoms with Crippen LogP contribution in [0.4, 0.5) is 5.95 Å². The second-order valence-corrected chi connectivity index (χ2v) is 7.50. The van der Waals surface area contributed by atoms with Gasteiger partial charge >= 0.3 is 0 Å². The summed E-state index contributed by atoms with van der Waals surface area (Å²) in [6.07, 6.45) is 7.62. The lowest BCUT2D eigenvalue weighted by Crippen LogP contribution is -2.32. The van der Waals surface area contributed by atoms with Crippen molar-refractivity contribution < 1.29 is 15.3 Å². The minimum Gasteiger partial charge on any atom is -0.395 e. The first-order valence-electron chi connectivity index (χ1n) is 11.4. The Labute approximate surface area is 181 Å². The number of hydrogen-bond acceptors (Lipinski definition) is 9. The summed E-state index contributed by atoms with van der Waals surface area (Å²) in [6, 6.07) is -0.0804. The molecule has 174 valence electrons. The highest BCUT2D eigenvalue weighted by Crippen LogP contribution is 2.17. The van der Waals surface area contributed by atoms with E-state index < -0.39 is 0 Å². The smallest absolute Gasteiger partial charge is 0.228 e. The van der Waals surface area contributed by atoms with Gasteiger partial charge in [-0.2, -0.15) is 4.98 Å². The Balaban J connectivity index is 2.81. The monoisotopic (exact) mass is 426 g/mol. The lowest BCUT2D eigenvalue weighted by atomic mass is 10.1. The van der Waals surface area contributed by atoms with Gasteiger partial charge in [0.05, 0.1) is 25.9 Å². The van der Waals surface area contributed by atoms with Crippen LogP contribution in [0.5, 0.6) is 0 Å². The van der Waals surface area contributed by atoms with Crippen molar-refractivity contribution >= 4 is 5.95 Å². The summed E-state index contributed by atoms with van der Waals surface area (Å²) < 4.78 is 0. The first-order valence-corrected chi connectivity index (χ1v) is 11.4. The van der Waals surface area contributed by atoms with Gasteiger partial charge in [-0.05, 0) is 38.8 Å². The van der Waals surface area contributed by atoms with Gasteiger partial charge in [0, 0.05) is 26.2 Å². The lowest BCUT2D eigenvalue weighted by Gasteiger charge is -2.24. The van der Waals surface area contributed by atoms with Crippen LogP contribution in [-0.2, 0) is 0 Å². The standard InChI is InChI=1S/C21H42N6O3/c1-3-5-10-26(13-16-29)11-7-8-19(22-9-15-28)20-23-18-24-21(25-20)27(14-17-30)12-6-4-2/h18-19,22,28-30H,3-17H2,1-2H3. The molecule has 30 heavy (non-hydrogen) atoms. The molecule has 1 aromatic heterocycles. The molecule has 4 N–H and O–H groups in total. The predicted octanol–water partition coefficient (Wildman–Crippen LogP) is 0.968. The Morgan fingerprint density at radius 2 is 1.57 bits per heavy atom. The van der Waals surface area contributed by atoms with Gasteiger partial charge in [0.15, 0.2) is 5.82 Å². The molecular weight excluding hydrogens is 384 g/mol. The number of rotatable bonds is 19. The number of nitrogens with one attached hydrogen (secondary N) is 1. The summed E-state index contributed by atoms with van der Waals surface area (Å²) in [5, 5.41) is 31.3. The van der Waals surface area contributed by atoms with Crippen LogP contribution in [0.15, 0.2) is 6.33 Å². The molecule has 0 saturated carbocycles. The number of nitrogens with zero attached hydrogens (tertiary/aromatic N) is 5. The molecule has 0 aliphatic heterocycles. The van der Waals surface area contributed by atoms with Crippen molar-refractivity contribution in [1.29, 1.82) is 0 Å². The Morgan fingerprint density at radius 1 is 0.867 bits per heavy atom. The number of anilines is 1. The van der Waals surface area contributed by atoms with Gasteiger partial charge in [0.1, 0.15) is 6.33 Å². The molecule has 0 bridgehead atoms. The van der Waals surface area contributed by atoms with E-state index in [1.165, 1.54) is 6.33 Å². The highest BCUT2D eigenvalue weighted by atomic mass is 16.3. The SMILES string of the molecule is CCCCN(CCO)CCCC(NCCO)c1ncnc(N(CCO)CCCC)n1. The lowest BCUT2D eigenvalue weighted by molar-refractivity contribution is 0.189. The number of hydrogen-bond donors (Lipinski definition) is 4. The van der Waals surface area contributed by atoms with E-state index in [1.807, 2.05) is 4.90 Å². The maximum absolute atomic E-state index is 9.39. The third-order valence-corrected chi connectivity index (χ3v) is 5.04. The average molecular weight is 427 g/mol. The minimum absolute atomic E-state index is 0.0503. The minimum atomic E-state index is -0.0804. The molecule has 0 aromatic carbocycles. The molecule has 0 radical (unpaired) electrons. The number of aliphatic hydroxyl groups excluding tert-OH is 3. The average Bonchev–Trinajstić information content (AvgIpc) is 2.77. The summed E-state index contributed by atoms with van der Waals surface area (Å²) >= 11 is 0. The van der Waals surface area contributed by atoms with E-state index in [0.717, 1.165) is 58.2 Å². The van der Waals surface area contributed by atoms with Crippen LogP contribution >= 0.6 is 0 Å². The quantitative estimate of drug-likeness (QED) is 0.257. The highest BCUT2D eigenvalue weighted by Gasteiger charge is 2.18. The molecule has 9 nitrogen and oxygen atoms in total. The van der Waals surface area contributed by atoms with Crippen molar-refractivity contribution in [3.63, 3.8) is 0 Å². The molecule has 0 fully saturated rings. The summed E-state index contributed by atoms with van der Waals surface area (Å²) in [5.41, 5.74) is 0. The van der Waals surface area contributed by atoms with E-state index in [4.69, 9.17) is 0 Å². The van der Waals surface area contributed by atoms with Crippen molar-refractivity contribution in [3.05, 3.63) is 12.2 Å². The van der Waals surface area contributed by atoms with E-state index in [0.29, 0.717) is 31.4 Å². The third kappa shape index (κ3) is 10.6. The van der Waals surface area contributed by atoms with E-state index >= 15 is 0 Å². The fraction of sp³-hybridized carbons (Fsp3) is 0.857. The zero-order chi connectivity index (χ0) is 22.0. The van der Waals surface area contributed by atoms with E-state index in [1.54, 1.807) is 0 Å². The summed E-state index contributed by atoms with van der Waals surface area (Å²) in [7, 11) is 0. The molecule has 9 heteroatoms.